The third-order valence-corrected chi connectivity index (χ3v) is 4.47. The monoisotopic (exact) mass is 375 g/mol. The van der Waals surface area contributed by atoms with E-state index in [2.05, 4.69) is 15.5 Å². The molecule has 4 N–H and O–H groups in total. The summed E-state index contributed by atoms with van der Waals surface area (Å²) in [4.78, 5) is 37.3. The molecule has 136 valence electrons. The topological polar surface area (TPSA) is 121 Å². The van der Waals surface area contributed by atoms with Crippen molar-refractivity contribution in [3.63, 3.8) is 0 Å². The van der Waals surface area contributed by atoms with Crippen molar-refractivity contribution in [1.82, 2.24) is 20.4 Å². The Labute approximate surface area is 154 Å². The standard InChI is InChI=1S/C17H18ClN5O3/c18-11-3-1-10(2-4-11)7-15(24)23-6-5-12(9-23)20-17(26)14-8-13(16(19)25)21-22-14/h1-4,8,12H,5-7,9H2,(H2,19,25)(H,20,26)(H,21,22)/t12-/m0/s1. The van der Waals surface area contributed by atoms with Crippen molar-refractivity contribution in [2.24, 2.45) is 5.73 Å². The lowest BCUT2D eigenvalue weighted by atomic mass is 10.1. The largest absolute Gasteiger partial charge is 0.364 e. The van der Waals surface area contributed by atoms with Gasteiger partial charge >= 0.3 is 0 Å². The fraction of sp³-hybridized carbons (Fsp3) is 0.294. The lowest BCUT2D eigenvalue weighted by Gasteiger charge is -2.17. The molecule has 0 spiro atoms. The number of aromatic nitrogens is 2. The van der Waals surface area contributed by atoms with Gasteiger partial charge in [0.25, 0.3) is 11.8 Å². The van der Waals surface area contributed by atoms with Crippen LogP contribution in [0.25, 0.3) is 0 Å². The second kappa shape index (κ2) is 7.57. The van der Waals surface area contributed by atoms with Crippen LogP contribution in [0.15, 0.2) is 30.3 Å². The molecule has 0 unspecified atom stereocenters. The number of hydrogen-bond acceptors (Lipinski definition) is 4. The summed E-state index contributed by atoms with van der Waals surface area (Å²) in [5, 5.41) is 9.61. The molecular weight excluding hydrogens is 358 g/mol. The van der Waals surface area contributed by atoms with Gasteiger partial charge in [-0.15, -0.1) is 0 Å². The number of hydrogen-bond donors (Lipinski definition) is 3. The van der Waals surface area contributed by atoms with Crippen molar-refractivity contribution < 1.29 is 14.4 Å². The predicted octanol–water partition coefficient (Wildman–Crippen LogP) is 0.735. The molecular formula is C17H18ClN5O3. The number of nitrogens with zero attached hydrogens (tertiary/aromatic N) is 2. The van der Waals surface area contributed by atoms with Gasteiger partial charge in [0.15, 0.2) is 5.69 Å². The molecule has 1 aliphatic rings. The molecule has 0 bridgehead atoms. The second-order valence-electron chi connectivity index (χ2n) is 6.13. The number of nitrogens with two attached hydrogens (primary N) is 1. The number of H-pyrrole nitrogens is 1. The molecule has 2 aromatic rings. The molecule has 3 amide bonds. The number of halogens is 1. The van der Waals surface area contributed by atoms with Crippen molar-refractivity contribution >= 4 is 29.3 Å². The summed E-state index contributed by atoms with van der Waals surface area (Å²) in [6, 6.07) is 8.30. The molecule has 1 aliphatic heterocycles. The summed E-state index contributed by atoms with van der Waals surface area (Å²) < 4.78 is 0. The van der Waals surface area contributed by atoms with Crippen LogP contribution in [0.3, 0.4) is 0 Å². The zero-order chi connectivity index (χ0) is 18.7. The zero-order valence-electron chi connectivity index (χ0n) is 13.9. The van der Waals surface area contributed by atoms with Crippen molar-refractivity contribution in [2.75, 3.05) is 13.1 Å². The average Bonchev–Trinajstić information content (AvgIpc) is 3.26. The van der Waals surface area contributed by atoms with Gasteiger partial charge < -0.3 is 16.0 Å². The minimum absolute atomic E-state index is 0.00124. The van der Waals surface area contributed by atoms with E-state index in [9.17, 15) is 14.4 Å². The van der Waals surface area contributed by atoms with E-state index in [1.165, 1.54) is 6.07 Å². The second-order valence-corrected chi connectivity index (χ2v) is 6.57. The number of benzene rings is 1. The molecule has 8 nitrogen and oxygen atoms in total. The predicted molar refractivity (Wildman–Crippen MR) is 94.7 cm³/mol. The number of primary amides is 1. The Bertz CT molecular complexity index is 833. The summed E-state index contributed by atoms with van der Waals surface area (Å²) in [7, 11) is 0. The van der Waals surface area contributed by atoms with E-state index in [-0.39, 0.29) is 29.2 Å². The highest BCUT2D eigenvalue weighted by atomic mass is 35.5. The van der Waals surface area contributed by atoms with Crippen molar-refractivity contribution in [3.8, 4) is 0 Å². The van der Waals surface area contributed by atoms with E-state index in [1.807, 2.05) is 12.1 Å². The average molecular weight is 376 g/mol. The maximum Gasteiger partial charge on any atom is 0.269 e. The molecule has 0 radical (unpaired) electrons. The number of likely N-dealkylation sites (tertiary alicyclic amines) is 1. The molecule has 9 heteroatoms. The quantitative estimate of drug-likeness (QED) is 0.713. The van der Waals surface area contributed by atoms with Crippen LogP contribution < -0.4 is 11.1 Å². The Kier molecular flexibility index (Phi) is 5.22. The van der Waals surface area contributed by atoms with Gasteiger partial charge in [0, 0.05) is 30.2 Å². The molecule has 0 saturated carbocycles. The Balaban J connectivity index is 1.52. The molecule has 1 atom stereocenters. The van der Waals surface area contributed by atoms with E-state index in [4.69, 9.17) is 17.3 Å². The first-order chi connectivity index (χ1) is 12.4. The maximum absolute atomic E-state index is 12.4. The SMILES string of the molecule is NC(=O)c1cc(C(=O)N[C@H]2CCN(C(=O)Cc3ccc(Cl)cc3)C2)[nH]n1. The number of nitrogens with one attached hydrogen (secondary N) is 2. The molecule has 1 aromatic heterocycles. The lowest BCUT2D eigenvalue weighted by molar-refractivity contribution is -0.129. The molecule has 1 fully saturated rings. The van der Waals surface area contributed by atoms with Crippen LogP contribution >= 0.6 is 11.6 Å². The van der Waals surface area contributed by atoms with Crippen LogP contribution in [0, 0.1) is 0 Å². The Hall–Kier alpha value is -2.87. The van der Waals surface area contributed by atoms with E-state index in [0.29, 0.717) is 31.0 Å². The highest BCUT2D eigenvalue weighted by Gasteiger charge is 2.28. The van der Waals surface area contributed by atoms with Crippen LogP contribution in [0.5, 0.6) is 0 Å². The number of rotatable bonds is 5. The van der Waals surface area contributed by atoms with Crippen LogP contribution in [-0.4, -0.2) is 52.0 Å². The third kappa shape index (κ3) is 4.20. The Morgan fingerprint density at radius 2 is 2.04 bits per heavy atom. The molecule has 1 aromatic carbocycles. The normalized spacial score (nSPS) is 16.5. The van der Waals surface area contributed by atoms with Gasteiger partial charge in [-0.2, -0.15) is 5.10 Å². The van der Waals surface area contributed by atoms with E-state index in [0.717, 1.165) is 5.56 Å². The highest BCUT2D eigenvalue weighted by molar-refractivity contribution is 6.30. The van der Waals surface area contributed by atoms with E-state index in [1.54, 1.807) is 17.0 Å². The fourth-order valence-electron chi connectivity index (χ4n) is 2.82. The van der Waals surface area contributed by atoms with Gasteiger partial charge in [-0.1, -0.05) is 23.7 Å². The molecule has 1 saturated heterocycles. The Morgan fingerprint density at radius 3 is 2.69 bits per heavy atom. The van der Waals surface area contributed by atoms with Gasteiger partial charge in [0.05, 0.1) is 6.42 Å². The summed E-state index contributed by atoms with van der Waals surface area (Å²) in [6.45, 7) is 1.02. The fourth-order valence-corrected chi connectivity index (χ4v) is 2.95. The first kappa shape index (κ1) is 17.9. The smallest absolute Gasteiger partial charge is 0.269 e. The van der Waals surface area contributed by atoms with Crippen molar-refractivity contribution in [3.05, 3.63) is 52.3 Å². The lowest BCUT2D eigenvalue weighted by Crippen LogP contribution is -2.39. The minimum atomic E-state index is -0.708. The number of carbonyl (C=O) groups is 3. The number of amides is 3. The van der Waals surface area contributed by atoms with E-state index < -0.39 is 5.91 Å². The van der Waals surface area contributed by atoms with Crippen LogP contribution in [-0.2, 0) is 11.2 Å². The third-order valence-electron chi connectivity index (χ3n) is 4.22. The summed E-state index contributed by atoms with van der Waals surface area (Å²) >= 11 is 5.84. The molecule has 3 rings (SSSR count). The van der Waals surface area contributed by atoms with Gasteiger partial charge in [-0.25, -0.2) is 0 Å². The highest BCUT2D eigenvalue weighted by Crippen LogP contribution is 2.14. The van der Waals surface area contributed by atoms with Crippen molar-refractivity contribution in [1.29, 1.82) is 0 Å². The van der Waals surface area contributed by atoms with Crippen LogP contribution in [0.4, 0.5) is 0 Å². The number of carbonyl (C=O) groups excluding carboxylic acids is 3. The minimum Gasteiger partial charge on any atom is -0.364 e. The first-order valence-electron chi connectivity index (χ1n) is 8.10. The summed E-state index contributed by atoms with van der Waals surface area (Å²) in [6.07, 6.45) is 0.954. The molecule has 2 heterocycles. The molecule has 0 aliphatic carbocycles. The zero-order valence-corrected chi connectivity index (χ0v) is 14.6. The van der Waals surface area contributed by atoms with Crippen LogP contribution in [0.1, 0.15) is 33.0 Å². The van der Waals surface area contributed by atoms with E-state index >= 15 is 0 Å². The van der Waals surface area contributed by atoms with Gasteiger partial charge in [-0.05, 0) is 24.1 Å². The van der Waals surface area contributed by atoms with Gasteiger partial charge in [0.1, 0.15) is 5.69 Å². The first-order valence-corrected chi connectivity index (χ1v) is 8.48. The van der Waals surface area contributed by atoms with Crippen molar-refractivity contribution in [2.45, 2.75) is 18.9 Å². The molecule has 26 heavy (non-hydrogen) atoms. The van der Waals surface area contributed by atoms with Crippen LogP contribution in [0.2, 0.25) is 5.02 Å². The number of aromatic amines is 1. The summed E-state index contributed by atoms with van der Waals surface area (Å²) in [5.74, 6) is -1.09. The maximum atomic E-state index is 12.4. The summed E-state index contributed by atoms with van der Waals surface area (Å²) in [5.41, 5.74) is 6.16. The Morgan fingerprint density at radius 1 is 1.31 bits per heavy atom. The van der Waals surface area contributed by atoms with Gasteiger partial charge in [0.2, 0.25) is 5.91 Å². The van der Waals surface area contributed by atoms with Gasteiger partial charge in [-0.3, -0.25) is 19.5 Å².